The summed E-state index contributed by atoms with van der Waals surface area (Å²) in [7, 11) is 1.72. The number of nitrogens with zero attached hydrogens (tertiary/aromatic N) is 3. The molecule has 6 heteroatoms. The summed E-state index contributed by atoms with van der Waals surface area (Å²) in [6, 6.07) is 16.5. The van der Waals surface area contributed by atoms with Crippen LogP contribution in [0, 0.1) is 5.82 Å². The molecule has 152 valence electrons. The molecule has 1 aromatic heterocycles. The Bertz CT molecular complexity index is 918. The minimum atomic E-state index is -0.247. The van der Waals surface area contributed by atoms with Crippen LogP contribution in [0.3, 0.4) is 0 Å². The number of methoxy groups -OCH3 is 1. The van der Waals surface area contributed by atoms with Crippen molar-refractivity contribution in [2.75, 3.05) is 44.7 Å². The smallest absolute Gasteiger partial charge is 0.142 e. The molecule has 0 saturated carbocycles. The third-order valence-corrected chi connectivity index (χ3v) is 5.39. The van der Waals surface area contributed by atoms with Gasteiger partial charge in [0, 0.05) is 44.2 Å². The van der Waals surface area contributed by atoms with Gasteiger partial charge in [-0.3, -0.25) is 4.90 Å². The van der Waals surface area contributed by atoms with Gasteiger partial charge in [-0.25, -0.2) is 4.39 Å². The molecule has 1 aliphatic rings. The van der Waals surface area contributed by atoms with Crippen molar-refractivity contribution in [3.63, 3.8) is 0 Å². The summed E-state index contributed by atoms with van der Waals surface area (Å²) in [6.45, 7) is 5.10. The second-order valence-electron chi connectivity index (χ2n) is 7.29. The lowest BCUT2D eigenvalue weighted by atomic mass is 10.1. The zero-order valence-electron chi connectivity index (χ0n) is 16.7. The average Bonchev–Trinajstić information content (AvgIpc) is 3.24. The Morgan fingerprint density at radius 1 is 1.03 bits per heavy atom. The van der Waals surface area contributed by atoms with E-state index in [1.165, 1.54) is 17.8 Å². The Kier molecular flexibility index (Phi) is 6.10. The van der Waals surface area contributed by atoms with Gasteiger partial charge in [-0.05, 0) is 49.4 Å². The van der Waals surface area contributed by atoms with Crippen LogP contribution in [0.2, 0.25) is 0 Å². The summed E-state index contributed by atoms with van der Waals surface area (Å²) in [6.07, 6.45) is 1.87. The van der Waals surface area contributed by atoms with E-state index in [-0.39, 0.29) is 5.82 Å². The van der Waals surface area contributed by atoms with Crippen LogP contribution >= 0.6 is 0 Å². The van der Waals surface area contributed by atoms with Crippen molar-refractivity contribution in [2.24, 2.45) is 0 Å². The molecule has 0 aliphatic carbocycles. The fourth-order valence-corrected chi connectivity index (χ4v) is 3.77. The molecule has 0 radical (unpaired) electrons. The van der Waals surface area contributed by atoms with Gasteiger partial charge < -0.3 is 14.2 Å². The number of aryl methyl sites for hydroxylation is 1. The van der Waals surface area contributed by atoms with E-state index < -0.39 is 0 Å². The predicted molar refractivity (Wildman–Crippen MR) is 112 cm³/mol. The number of hydrogen-bond donors (Lipinski definition) is 0. The molecular weight excluding hydrogens is 369 g/mol. The Balaban J connectivity index is 1.24. The molecule has 4 rings (SSSR count). The zero-order chi connectivity index (χ0) is 20.1. The maximum Gasteiger partial charge on any atom is 0.142 e. The highest BCUT2D eigenvalue weighted by Crippen LogP contribution is 2.28. The number of halogens is 1. The molecule has 29 heavy (non-hydrogen) atoms. The van der Waals surface area contributed by atoms with Crippen molar-refractivity contribution in [1.82, 2.24) is 10.1 Å². The highest BCUT2D eigenvalue weighted by atomic mass is 19.1. The molecule has 0 bridgehead atoms. The van der Waals surface area contributed by atoms with Crippen LogP contribution in [-0.4, -0.2) is 49.9 Å². The number of para-hydroxylation sites is 2. The van der Waals surface area contributed by atoms with Crippen LogP contribution in [0.25, 0.3) is 11.3 Å². The molecule has 3 aromatic rings. The highest BCUT2D eigenvalue weighted by molar-refractivity contribution is 5.59. The van der Waals surface area contributed by atoms with Crippen LogP contribution in [0.15, 0.2) is 59.1 Å². The number of rotatable bonds is 7. The number of ether oxygens (including phenoxy) is 1. The van der Waals surface area contributed by atoms with Crippen LogP contribution < -0.4 is 9.64 Å². The first-order valence-electron chi connectivity index (χ1n) is 10.0. The van der Waals surface area contributed by atoms with Crippen molar-refractivity contribution < 1.29 is 13.7 Å². The molecule has 1 saturated heterocycles. The molecule has 0 atom stereocenters. The number of hydrogen-bond acceptors (Lipinski definition) is 5. The lowest BCUT2D eigenvalue weighted by molar-refractivity contribution is 0.251. The maximum atomic E-state index is 13.1. The lowest BCUT2D eigenvalue weighted by Crippen LogP contribution is -2.46. The van der Waals surface area contributed by atoms with Crippen LogP contribution in [0.5, 0.6) is 5.75 Å². The number of aromatic nitrogens is 1. The zero-order valence-corrected chi connectivity index (χ0v) is 16.7. The molecule has 1 aliphatic heterocycles. The van der Waals surface area contributed by atoms with E-state index in [0.717, 1.165) is 68.3 Å². The third kappa shape index (κ3) is 4.77. The monoisotopic (exact) mass is 395 g/mol. The lowest BCUT2D eigenvalue weighted by Gasteiger charge is -2.36. The Hall–Kier alpha value is -2.86. The van der Waals surface area contributed by atoms with Gasteiger partial charge in [0.15, 0.2) is 0 Å². The Labute approximate surface area is 170 Å². The normalized spacial score (nSPS) is 14.9. The van der Waals surface area contributed by atoms with E-state index in [1.807, 2.05) is 18.2 Å². The van der Waals surface area contributed by atoms with Crippen molar-refractivity contribution in [3.05, 3.63) is 66.2 Å². The number of anilines is 1. The quantitative estimate of drug-likeness (QED) is 0.598. The van der Waals surface area contributed by atoms with Crippen LogP contribution in [0.1, 0.15) is 12.2 Å². The summed E-state index contributed by atoms with van der Waals surface area (Å²) in [5, 5.41) is 4.11. The largest absolute Gasteiger partial charge is 0.495 e. The fourth-order valence-electron chi connectivity index (χ4n) is 3.77. The van der Waals surface area contributed by atoms with Crippen LogP contribution in [0.4, 0.5) is 10.1 Å². The topological polar surface area (TPSA) is 41.7 Å². The Morgan fingerprint density at radius 2 is 1.79 bits per heavy atom. The van der Waals surface area contributed by atoms with E-state index in [0.29, 0.717) is 0 Å². The second-order valence-corrected chi connectivity index (χ2v) is 7.29. The van der Waals surface area contributed by atoms with Gasteiger partial charge in [0.25, 0.3) is 0 Å². The molecule has 0 spiro atoms. The first-order chi connectivity index (χ1) is 14.2. The van der Waals surface area contributed by atoms with E-state index in [4.69, 9.17) is 9.26 Å². The Morgan fingerprint density at radius 3 is 2.55 bits per heavy atom. The molecule has 2 heterocycles. The minimum Gasteiger partial charge on any atom is -0.495 e. The van der Waals surface area contributed by atoms with Crippen molar-refractivity contribution in [2.45, 2.75) is 12.8 Å². The van der Waals surface area contributed by atoms with Gasteiger partial charge in [0.2, 0.25) is 0 Å². The van der Waals surface area contributed by atoms with E-state index >= 15 is 0 Å². The van der Waals surface area contributed by atoms with E-state index in [2.05, 4.69) is 27.1 Å². The van der Waals surface area contributed by atoms with Gasteiger partial charge in [0.1, 0.15) is 23.0 Å². The highest BCUT2D eigenvalue weighted by Gasteiger charge is 2.19. The molecule has 0 amide bonds. The van der Waals surface area contributed by atoms with Gasteiger partial charge in [-0.15, -0.1) is 0 Å². The fraction of sp³-hybridized carbons (Fsp3) is 0.348. The van der Waals surface area contributed by atoms with Gasteiger partial charge >= 0.3 is 0 Å². The van der Waals surface area contributed by atoms with Crippen molar-refractivity contribution in [1.29, 1.82) is 0 Å². The SMILES string of the molecule is COc1ccccc1N1CCN(CCCc2cc(-c3ccc(F)cc3)no2)CC1. The molecule has 1 fully saturated rings. The molecule has 0 unspecified atom stereocenters. The van der Waals surface area contributed by atoms with E-state index in [1.54, 1.807) is 19.2 Å². The average molecular weight is 395 g/mol. The summed E-state index contributed by atoms with van der Waals surface area (Å²) in [5.74, 6) is 1.56. The van der Waals surface area contributed by atoms with Gasteiger partial charge in [-0.1, -0.05) is 17.3 Å². The first kappa shape index (κ1) is 19.5. The van der Waals surface area contributed by atoms with Gasteiger partial charge in [0.05, 0.1) is 12.8 Å². The second kappa shape index (κ2) is 9.09. The molecular formula is C23H26FN3O2. The summed E-state index contributed by atoms with van der Waals surface area (Å²) in [5.41, 5.74) is 2.80. The number of benzene rings is 2. The molecule has 2 aromatic carbocycles. The number of piperazine rings is 1. The van der Waals surface area contributed by atoms with E-state index in [9.17, 15) is 4.39 Å². The minimum absolute atomic E-state index is 0.247. The summed E-state index contributed by atoms with van der Waals surface area (Å²) in [4.78, 5) is 4.88. The first-order valence-corrected chi connectivity index (χ1v) is 10.0. The predicted octanol–water partition coefficient (Wildman–Crippen LogP) is 4.24. The van der Waals surface area contributed by atoms with Crippen LogP contribution in [-0.2, 0) is 6.42 Å². The molecule has 0 N–H and O–H groups in total. The van der Waals surface area contributed by atoms with Crippen molar-refractivity contribution >= 4 is 5.69 Å². The summed E-state index contributed by atoms with van der Waals surface area (Å²) < 4.78 is 24.0. The summed E-state index contributed by atoms with van der Waals surface area (Å²) >= 11 is 0. The maximum absolute atomic E-state index is 13.1. The third-order valence-electron chi connectivity index (χ3n) is 5.39. The van der Waals surface area contributed by atoms with Gasteiger partial charge in [-0.2, -0.15) is 0 Å². The molecule has 5 nitrogen and oxygen atoms in total. The van der Waals surface area contributed by atoms with Crippen molar-refractivity contribution in [3.8, 4) is 17.0 Å². The standard InChI is InChI=1S/C23H26FN3O2/c1-28-23-7-3-2-6-22(23)27-15-13-26(14-16-27)12-4-5-20-17-21(25-29-20)18-8-10-19(24)11-9-18/h2-3,6-11,17H,4-5,12-16H2,1H3.